The summed E-state index contributed by atoms with van der Waals surface area (Å²) in [7, 11) is 0. The van der Waals surface area contributed by atoms with Crippen LogP contribution in [-0.2, 0) is 0 Å². The predicted molar refractivity (Wildman–Crippen MR) is 60.5 cm³/mol. The minimum absolute atomic E-state index is 0.0375. The van der Waals surface area contributed by atoms with Crippen molar-refractivity contribution in [2.75, 3.05) is 0 Å². The van der Waals surface area contributed by atoms with Crippen LogP contribution in [0.5, 0.6) is 5.75 Å². The highest BCUT2D eigenvalue weighted by Gasteiger charge is 2.16. The summed E-state index contributed by atoms with van der Waals surface area (Å²) in [5.74, 6) is -5.23. The van der Waals surface area contributed by atoms with Gasteiger partial charge in [-0.3, -0.25) is 4.79 Å². The van der Waals surface area contributed by atoms with Crippen LogP contribution >= 0.6 is 0 Å². The molecule has 0 saturated heterocycles. The zero-order valence-corrected chi connectivity index (χ0v) is 9.60. The first kappa shape index (κ1) is 12.2. The number of H-pyrrole nitrogens is 1. The topological polar surface area (TPSA) is 72.8 Å². The van der Waals surface area contributed by atoms with Crippen molar-refractivity contribution in [3.05, 3.63) is 52.6 Å². The van der Waals surface area contributed by atoms with Gasteiger partial charge in [-0.2, -0.15) is 4.39 Å². The van der Waals surface area contributed by atoms with Crippen LogP contribution in [0.1, 0.15) is 0 Å². The lowest BCUT2D eigenvalue weighted by molar-refractivity contribution is 0.189. The van der Waals surface area contributed by atoms with Crippen molar-refractivity contribution in [1.29, 1.82) is 0 Å². The number of benzene rings is 1. The van der Waals surface area contributed by atoms with E-state index >= 15 is 0 Å². The van der Waals surface area contributed by atoms with E-state index in [0.29, 0.717) is 10.8 Å². The van der Waals surface area contributed by atoms with Gasteiger partial charge in [-0.15, -0.1) is 4.73 Å². The fraction of sp³-hybridized carbons (Fsp3) is 0. The molecule has 0 unspecified atom stereocenters. The Morgan fingerprint density at radius 2 is 1.95 bits per heavy atom. The summed E-state index contributed by atoms with van der Waals surface area (Å²) in [5, 5.41) is 0. The summed E-state index contributed by atoms with van der Waals surface area (Å²) in [6.07, 6.45) is 2.20. The van der Waals surface area contributed by atoms with Crippen molar-refractivity contribution in [3.63, 3.8) is 0 Å². The van der Waals surface area contributed by atoms with Gasteiger partial charge in [0.2, 0.25) is 5.82 Å². The first-order chi connectivity index (χ1) is 9.58. The SMILES string of the molecule is O=c1c2[nH]cnc2ncn1Oc1ccc(F)c(F)c1F. The van der Waals surface area contributed by atoms with Crippen LogP contribution in [-0.4, -0.2) is 19.7 Å². The van der Waals surface area contributed by atoms with Crippen LogP contribution < -0.4 is 10.4 Å². The zero-order valence-electron chi connectivity index (χ0n) is 9.60. The Labute approximate surface area is 108 Å². The summed E-state index contributed by atoms with van der Waals surface area (Å²) in [6, 6.07) is 1.54. The zero-order chi connectivity index (χ0) is 14.3. The smallest absolute Gasteiger partial charge is 0.312 e. The quantitative estimate of drug-likeness (QED) is 0.721. The van der Waals surface area contributed by atoms with Crippen molar-refractivity contribution in [2.45, 2.75) is 0 Å². The van der Waals surface area contributed by atoms with E-state index in [2.05, 4.69) is 15.0 Å². The molecule has 0 radical (unpaired) electrons. The minimum atomic E-state index is -1.69. The number of aromatic nitrogens is 4. The molecule has 0 fully saturated rings. The Hall–Kier alpha value is -2.84. The highest BCUT2D eigenvalue weighted by molar-refractivity contribution is 5.67. The highest BCUT2D eigenvalue weighted by Crippen LogP contribution is 2.21. The van der Waals surface area contributed by atoms with E-state index in [1.54, 1.807) is 0 Å². The molecule has 2 heterocycles. The lowest BCUT2D eigenvalue weighted by Crippen LogP contribution is -2.25. The summed E-state index contributed by atoms with van der Waals surface area (Å²) in [5.41, 5.74) is -0.507. The molecule has 0 aliphatic rings. The van der Waals surface area contributed by atoms with E-state index in [9.17, 15) is 18.0 Å². The van der Waals surface area contributed by atoms with E-state index in [0.717, 1.165) is 12.4 Å². The van der Waals surface area contributed by atoms with Gasteiger partial charge in [0.25, 0.3) is 0 Å². The number of rotatable bonds is 2. The van der Waals surface area contributed by atoms with Crippen LogP contribution in [0.3, 0.4) is 0 Å². The number of hydrogen-bond donors (Lipinski definition) is 1. The molecule has 20 heavy (non-hydrogen) atoms. The predicted octanol–water partition coefficient (Wildman–Crippen LogP) is 1.38. The second-order valence-corrected chi connectivity index (χ2v) is 3.74. The number of hydrogen-bond acceptors (Lipinski definition) is 4. The second-order valence-electron chi connectivity index (χ2n) is 3.74. The van der Waals surface area contributed by atoms with Crippen molar-refractivity contribution in [3.8, 4) is 5.75 Å². The van der Waals surface area contributed by atoms with Gasteiger partial charge in [0.15, 0.2) is 28.5 Å². The average Bonchev–Trinajstić information content (AvgIpc) is 2.91. The van der Waals surface area contributed by atoms with E-state index in [1.807, 2.05) is 0 Å². The van der Waals surface area contributed by atoms with Gasteiger partial charge in [-0.25, -0.2) is 18.7 Å². The summed E-state index contributed by atoms with van der Waals surface area (Å²) in [6.45, 7) is 0. The molecule has 6 nitrogen and oxygen atoms in total. The van der Waals surface area contributed by atoms with Crippen molar-refractivity contribution in [2.24, 2.45) is 0 Å². The van der Waals surface area contributed by atoms with Gasteiger partial charge in [0.1, 0.15) is 6.33 Å². The monoisotopic (exact) mass is 282 g/mol. The first-order valence-corrected chi connectivity index (χ1v) is 5.30. The first-order valence-electron chi connectivity index (χ1n) is 5.30. The van der Waals surface area contributed by atoms with Crippen molar-refractivity contribution in [1.82, 2.24) is 19.7 Å². The summed E-state index contributed by atoms with van der Waals surface area (Å²) in [4.78, 5) is 26.8. The summed E-state index contributed by atoms with van der Waals surface area (Å²) < 4.78 is 39.8. The molecule has 3 rings (SSSR count). The lowest BCUT2D eigenvalue weighted by atomic mass is 10.3. The normalized spacial score (nSPS) is 10.9. The number of nitrogens with one attached hydrogen (secondary N) is 1. The van der Waals surface area contributed by atoms with Gasteiger partial charge in [0.05, 0.1) is 6.33 Å². The van der Waals surface area contributed by atoms with Crippen LogP contribution in [0.2, 0.25) is 0 Å². The third-order valence-electron chi connectivity index (χ3n) is 2.51. The molecule has 0 bridgehead atoms. The molecule has 2 aromatic heterocycles. The third kappa shape index (κ3) is 1.79. The van der Waals surface area contributed by atoms with Crippen molar-refractivity contribution >= 4 is 11.2 Å². The van der Waals surface area contributed by atoms with Gasteiger partial charge in [0, 0.05) is 0 Å². The van der Waals surface area contributed by atoms with E-state index < -0.39 is 28.8 Å². The van der Waals surface area contributed by atoms with Crippen LogP contribution in [0.25, 0.3) is 11.2 Å². The highest BCUT2D eigenvalue weighted by atomic mass is 19.2. The lowest BCUT2D eigenvalue weighted by Gasteiger charge is -2.08. The number of nitrogens with zero attached hydrogens (tertiary/aromatic N) is 3. The Balaban J connectivity index is 2.08. The Morgan fingerprint density at radius 3 is 2.75 bits per heavy atom. The maximum absolute atomic E-state index is 13.4. The van der Waals surface area contributed by atoms with Crippen LogP contribution in [0, 0.1) is 17.5 Å². The molecule has 102 valence electrons. The number of aromatic amines is 1. The molecule has 9 heteroatoms. The molecule has 0 saturated carbocycles. The number of fused-ring (bicyclic) bond motifs is 1. The molecule has 0 atom stereocenters. The number of imidazole rings is 1. The van der Waals surface area contributed by atoms with E-state index in [-0.39, 0.29) is 11.2 Å². The van der Waals surface area contributed by atoms with E-state index in [4.69, 9.17) is 4.84 Å². The average molecular weight is 282 g/mol. The fourth-order valence-corrected chi connectivity index (χ4v) is 1.56. The fourth-order valence-electron chi connectivity index (χ4n) is 1.56. The molecular formula is C11H5F3N4O2. The Morgan fingerprint density at radius 1 is 1.15 bits per heavy atom. The van der Waals surface area contributed by atoms with E-state index in [1.165, 1.54) is 6.33 Å². The van der Waals surface area contributed by atoms with Gasteiger partial charge in [-0.1, -0.05) is 0 Å². The van der Waals surface area contributed by atoms with Crippen LogP contribution in [0.15, 0.2) is 29.6 Å². The molecule has 3 aromatic rings. The molecule has 1 N–H and O–H groups in total. The Kier molecular flexibility index (Phi) is 2.67. The van der Waals surface area contributed by atoms with Gasteiger partial charge < -0.3 is 9.82 Å². The Bertz CT molecular complexity index is 858. The minimum Gasteiger partial charge on any atom is -0.367 e. The summed E-state index contributed by atoms with van der Waals surface area (Å²) >= 11 is 0. The molecule has 0 spiro atoms. The van der Waals surface area contributed by atoms with Crippen LogP contribution in [0.4, 0.5) is 13.2 Å². The van der Waals surface area contributed by atoms with Gasteiger partial charge >= 0.3 is 5.56 Å². The standard InChI is InChI=1S/C11H5F3N4O2/c12-5-1-2-6(8(14)7(5)13)20-18-4-17-10-9(11(18)19)15-3-16-10/h1-4H,(H,15,16). The maximum atomic E-state index is 13.4. The largest absolute Gasteiger partial charge is 0.367 e. The van der Waals surface area contributed by atoms with Gasteiger partial charge in [-0.05, 0) is 12.1 Å². The molecule has 0 aliphatic carbocycles. The molecule has 0 aliphatic heterocycles. The molecule has 0 amide bonds. The van der Waals surface area contributed by atoms with Crippen molar-refractivity contribution < 1.29 is 18.0 Å². The molecular weight excluding hydrogens is 277 g/mol. The third-order valence-corrected chi connectivity index (χ3v) is 2.51. The number of halogens is 3. The maximum Gasteiger partial charge on any atom is 0.312 e. The molecule has 1 aromatic carbocycles. The second kappa shape index (κ2) is 4.37.